The molecule has 0 saturated heterocycles. The van der Waals surface area contributed by atoms with Crippen LogP contribution in [0.3, 0.4) is 0 Å². The molecule has 1 aliphatic heterocycles. The molecule has 0 radical (unpaired) electrons. The number of allylic oxidation sites excluding steroid dienone is 2. The molecule has 1 aromatic carbocycles. The summed E-state index contributed by atoms with van der Waals surface area (Å²) in [5, 5.41) is 15.8. The second-order valence-corrected chi connectivity index (χ2v) is 12.4. The van der Waals surface area contributed by atoms with Gasteiger partial charge in [0.1, 0.15) is 0 Å². The Hall–Kier alpha value is -4.46. The highest BCUT2D eigenvalue weighted by Gasteiger charge is 2.43. The van der Waals surface area contributed by atoms with E-state index in [1.807, 2.05) is 37.6 Å². The second-order valence-electron chi connectivity index (χ2n) is 12.4. The van der Waals surface area contributed by atoms with Gasteiger partial charge in [0.2, 0.25) is 5.91 Å². The number of aromatic nitrogens is 5. The molecule has 2 atom stereocenters. The third-order valence-electron chi connectivity index (χ3n) is 9.07. The van der Waals surface area contributed by atoms with E-state index in [0.717, 1.165) is 71.4 Å². The number of hydrogen-bond donors (Lipinski definition) is 3. The molecule has 2 aliphatic carbocycles. The van der Waals surface area contributed by atoms with Crippen LogP contribution in [0.2, 0.25) is 0 Å². The van der Waals surface area contributed by atoms with Crippen LogP contribution in [0, 0.1) is 18.8 Å². The van der Waals surface area contributed by atoms with Crippen molar-refractivity contribution < 1.29 is 4.79 Å². The zero-order valence-electron chi connectivity index (χ0n) is 24.4. The van der Waals surface area contributed by atoms with Crippen molar-refractivity contribution in [2.45, 2.75) is 64.8 Å². The number of carbonyl (C=O) groups excluding carboxylic acids is 1. The van der Waals surface area contributed by atoms with Crippen LogP contribution >= 0.6 is 0 Å². The minimum atomic E-state index is -0.205. The third kappa shape index (κ3) is 4.85. The molecule has 2 unspecified atom stereocenters. The summed E-state index contributed by atoms with van der Waals surface area (Å²) >= 11 is 0. The van der Waals surface area contributed by atoms with Crippen LogP contribution in [0.4, 0.5) is 5.69 Å². The van der Waals surface area contributed by atoms with Gasteiger partial charge in [-0.2, -0.15) is 5.10 Å². The Morgan fingerprint density at radius 2 is 1.93 bits per heavy atom. The maximum atomic E-state index is 12.9. The van der Waals surface area contributed by atoms with Gasteiger partial charge in [0.05, 0.1) is 29.0 Å². The van der Waals surface area contributed by atoms with Crippen LogP contribution in [0.5, 0.6) is 0 Å². The summed E-state index contributed by atoms with van der Waals surface area (Å²) in [5.74, 6) is 0.379. The SMILES string of the molecule is CC1=CC=C(n2cnc(C)c2)C2C=C(c3[nH]nc4ncc(-c5cccc(NC(=O)C6CCCCC6)c5)cc34)NC2(C)C1. The monoisotopic (exact) mass is 559 g/mol. The summed E-state index contributed by atoms with van der Waals surface area (Å²) in [6, 6.07) is 10.2. The maximum Gasteiger partial charge on any atom is 0.227 e. The van der Waals surface area contributed by atoms with Crippen LogP contribution in [0.25, 0.3) is 33.6 Å². The Kier molecular flexibility index (Phi) is 6.56. The number of benzene rings is 1. The van der Waals surface area contributed by atoms with E-state index in [-0.39, 0.29) is 23.3 Å². The summed E-state index contributed by atoms with van der Waals surface area (Å²) in [4.78, 5) is 22.1. The lowest BCUT2D eigenvalue weighted by molar-refractivity contribution is -0.120. The van der Waals surface area contributed by atoms with Gasteiger partial charge in [-0.25, -0.2) is 9.97 Å². The number of nitrogens with one attached hydrogen (secondary N) is 3. The normalized spacial score (nSPS) is 22.5. The molecule has 8 heteroatoms. The Morgan fingerprint density at radius 1 is 1.07 bits per heavy atom. The van der Waals surface area contributed by atoms with Gasteiger partial charge in [-0.15, -0.1) is 0 Å². The summed E-state index contributed by atoms with van der Waals surface area (Å²) in [7, 11) is 0. The zero-order chi connectivity index (χ0) is 28.8. The topological polar surface area (TPSA) is 101 Å². The number of aryl methyl sites for hydroxylation is 1. The molecule has 3 aliphatic rings. The summed E-state index contributed by atoms with van der Waals surface area (Å²) in [6.07, 6.45) is 19.0. The average molecular weight is 560 g/mol. The van der Waals surface area contributed by atoms with Gasteiger partial charge in [-0.1, -0.05) is 43.0 Å². The molecule has 1 amide bonds. The van der Waals surface area contributed by atoms with E-state index in [2.05, 4.69) is 80.8 Å². The Labute approximate surface area is 246 Å². The van der Waals surface area contributed by atoms with Crippen molar-refractivity contribution in [2.24, 2.45) is 11.8 Å². The van der Waals surface area contributed by atoms with Gasteiger partial charge in [0.25, 0.3) is 0 Å². The first kappa shape index (κ1) is 26.4. The number of carbonyl (C=O) groups is 1. The quantitative estimate of drug-likeness (QED) is 0.248. The van der Waals surface area contributed by atoms with Gasteiger partial charge in [-0.05, 0) is 75.9 Å². The van der Waals surface area contributed by atoms with Crippen molar-refractivity contribution in [2.75, 3.05) is 5.32 Å². The molecular formula is C34H37N7O. The fourth-order valence-electron chi connectivity index (χ4n) is 6.92. The Bertz CT molecular complexity index is 1770. The number of hydrogen-bond acceptors (Lipinski definition) is 5. The smallest absolute Gasteiger partial charge is 0.227 e. The van der Waals surface area contributed by atoms with Crippen LogP contribution in [-0.2, 0) is 4.79 Å². The highest BCUT2D eigenvalue weighted by molar-refractivity contribution is 5.94. The van der Waals surface area contributed by atoms with Crippen molar-refractivity contribution in [1.82, 2.24) is 30.0 Å². The van der Waals surface area contributed by atoms with Gasteiger partial charge in [0.15, 0.2) is 5.65 Å². The first-order chi connectivity index (χ1) is 20.4. The molecular weight excluding hydrogens is 522 g/mol. The fourth-order valence-corrected chi connectivity index (χ4v) is 6.92. The highest BCUT2D eigenvalue weighted by atomic mass is 16.1. The number of aromatic amines is 1. The predicted octanol–water partition coefficient (Wildman–Crippen LogP) is 6.86. The van der Waals surface area contributed by atoms with Crippen molar-refractivity contribution in [1.29, 1.82) is 0 Å². The Balaban J connectivity index is 1.20. The molecule has 4 aromatic rings. The fraction of sp³-hybridized carbons (Fsp3) is 0.353. The first-order valence-corrected chi connectivity index (χ1v) is 15.0. The van der Waals surface area contributed by atoms with E-state index in [0.29, 0.717) is 5.65 Å². The minimum Gasteiger partial charge on any atom is -0.377 e. The lowest BCUT2D eigenvalue weighted by Gasteiger charge is -2.33. The highest BCUT2D eigenvalue weighted by Crippen LogP contribution is 2.44. The van der Waals surface area contributed by atoms with Gasteiger partial charge in [-0.3, -0.25) is 9.89 Å². The molecule has 0 spiro atoms. The molecule has 8 nitrogen and oxygen atoms in total. The van der Waals surface area contributed by atoms with Crippen molar-refractivity contribution in [3.8, 4) is 11.1 Å². The third-order valence-corrected chi connectivity index (χ3v) is 9.07. The lowest BCUT2D eigenvalue weighted by Crippen LogP contribution is -2.43. The van der Waals surface area contributed by atoms with E-state index < -0.39 is 0 Å². The summed E-state index contributed by atoms with van der Waals surface area (Å²) in [6.45, 7) is 6.49. The van der Waals surface area contributed by atoms with Crippen LogP contribution in [0.1, 0.15) is 63.8 Å². The molecule has 214 valence electrons. The van der Waals surface area contributed by atoms with Crippen LogP contribution < -0.4 is 10.6 Å². The number of fused-ring (bicyclic) bond motifs is 2. The van der Waals surface area contributed by atoms with Crippen molar-refractivity contribution in [3.63, 3.8) is 0 Å². The standard InChI is InChI=1S/C34H37N7O/c1-21-12-13-30(41-19-22(2)36-20-41)28-16-29(38-34(28,3)17-21)31-27-15-25(18-35-32(27)40-39-31)24-10-7-11-26(14-24)37-33(42)23-8-5-4-6-9-23/h7,10-16,18-20,23,28,38H,4-6,8-9,17H2,1-3H3,(H,37,42)(H,35,39,40). The number of imidazole rings is 1. The van der Waals surface area contributed by atoms with Gasteiger partial charge in [0, 0.05) is 46.6 Å². The van der Waals surface area contributed by atoms with Gasteiger partial charge < -0.3 is 15.2 Å². The van der Waals surface area contributed by atoms with E-state index in [1.54, 1.807) is 0 Å². The molecule has 4 heterocycles. The summed E-state index contributed by atoms with van der Waals surface area (Å²) in [5.41, 5.74) is 8.73. The maximum absolute atomic E-state index is 12.9. The first-order valence-electron chi connectivity index (χ1n) is 15.0. The predicted molar refractivity (Wildman–Crippen MR) is 167 cm³/mol. The number of amides is 1. The van der Waals surface area contributed by atoms with E-state index in [1.165, 1.54) is 17.7 Å². The summed E-state index contributed by atoms with van der Waals surface area (Å²) < 4.78 is 2.14. The van der Waals surface area contributed by atoms with Crippen LogP contribution in [-0.4, -0.2) is 36.2 Å². The number of rotatable bonds is 5. The number of H-pyrrole nitrogens is 1. The van der Waals surface area contributed by atoms with Crippen molar-refractivity contribution in [3.05, 3.63) is 84.2 Å². The largest absolute Gasteiger partial charge is 0.377 e. The number of anilines is 1. The van der Waals surface area contributed by atoms with Crippen molar-refractivity contribution >= 4 is 34.0 Å². The molecule has 3 aromatic heterocycles. The molecule has 7 rings (SSSR count). The Morgan fingerprint density at radius 3 is 2.74 bits per heavy atom. The van der Waals surface area contributed by atoms with Gasteiger partial charge >= 0.3 is 0 Å². The lowest BCUT2D eigenvalue weighted by atomic mass is 9.82. The molecule has 1 saturated carbocycles. The number of nitrogens with zero attached hydrogens (tertiary/aromatic N) is 4. The van der Waals surface area contributed by atoms with E-state index in [4.69, 9.17) is 4.98 Å². The zero-order valence-corrected chi connectivity index (χ0v) is 24.4. The molecule has 42 heavy (non-hydrogen) atoms. The minimum absolute atomic E-state index is 0.114. The molecule has 0 bridgehead atoms. The average Bonchev–Trinajstić information content (AvgIpc) is 3.68. The second kappa shape index (κ2) is 10.4. The van der Waals surface area contributed by atoms with Crippen LogP contribution in [0.15, 0.2) is 72.9 Å². The molecule has 3 N–H and O–H groups in total. The van der Waals surface area contributed by atoms with E-state index >= 15 is 0 Å². The van der Waals surface area contributed by atoms with E-state index in [9.17, 15) is 4.79 Å². The number of pyridine rings is 1. The molecule has 1 fully saturated rings.